The van der Waals surface area contributed by atoms with Gasteiger partial charge in [0.15, 0.2) is 0 Å². The number of halogens is 1. The van der Waals surface area contributed by atoms with E-state index in [-0.39, 0.29) is 17.6 Å². The molecule has 1 aliphatic heterocycles. The summed E-state index contributed by atoms with van der Waals surface area (Å²) in [5.74, 6) is 1.72. The van der Waals surface area contributed by atoms with Crippen molar-refractivity contribution < 1.29 is 9.18 Å². The molecule has 32 heavy (non-hydrogen) atoms. The first-order valence-corrected chi connectivity index (χ1v) is 11.1. The molecular weight excluding hydrogens is 407 g/mol. The number of rotatable bonds is 5. The molecule has 0 bridgehead atoms. The van der Waals surface area contributed by atoms with Gasteiger partial charge in [0.1, 0.15) is 17.5 Å². The summed E-state index contributed by atoms with van der Waals surface area (Å²) in [6, 6.07) is 8.14. The van der Waals surface area contributed by atoms with Crippen molar-refractivity contribution in [1.82, 2.24) is 24.6 Å². The van der Waals surface area contributed by atoms with Gasteiger partial charge in [-0.1, -0.05) is 20.8 Å². The highest BCUT2D eigenvalue weighted by molar-refractivity contribution is 5.95. The van der Waals surface area contributed by atoms with E-state index in [2.05, 4.69) is 28.8 Å². The quantitative estimate of drug-likeness (QED) is 0.609. The third-order valence-corrected chi connectivity index (χ3v) is 5.77. The lowest BCUT2D eigenvalue weighted by Crippen LogP contribution is -2.49. The van der Waals surface area contributed by atoms with Crippen molar-refractivity contribution in [2.45, 2.75) is 40.0 Å². The number of piperazine rings is 1. The molecule has 1 aliphatic rings. The Morgan fingerprint density at radius 1 is 1.09 bits per heavy atom. The number of aryl methyl sites for hydroxylation is 1. The van der Waals surface area contributed by atoms with Crippen LogP contribution in [0, 0.1) is 12.7 Å². The van der Waals surface area contributed by atoms with Crippen LogP contribution in [0.2, 0.25) is 0 Å². The summed E-state index contributed by atoms with van der Waals surface area (Å²) >= 11 is 0. The van der Waals surface area contributed by atoms with E-state index in [0.717, 1.165) is 28.7 Å². The molecular formula is C24H29FN6O. The van der Waals surface area contributed by atoms with Gasteiger partial charge in [-0.2, -0.15) is 5.10 Å². The van der Waals surface area contributed by atoms with Gasteiger partial charge in [0.25, 0.3) is 5.91 Å². The Balaban J connectivity index is 1.49. The largest absolute Gasteiger partial charge is 0.353 e. The van der Waals surface area contributed by atoms with Crippen molar-refractivity contribution in [2.75, 3.05) is 31.1 Å². The highest BCUT2D eigenvalue weighted by atomic mass is 19.1. The van der Waals surface area contributed by atoms with Crippen molar-refractivity contribution in [3.63, 3.8) is 0 Å². The fourth-order valence-electron chi connectivity index (χ4n) is 4.00. The minimum Gasteiger partial charge on any atom is -0.353 e. The summed E-state index contributed by atoms with van der Waals surface area (Å²) in [5, 5.41) is 4.42. The van der Waals surface area contributed by atoms with E-state index in [0.29, 0.717) is 38.2 Å². The summed E-state index contributed by atoms with van der Waals surface area (Å²) in [5.41, 5.74) is 3.13. The summed E-state index contributed by atoms with van der Waals surface area (Å²) in [4.78, 5) is 26.6. The normalized spacial score (nSPS) is 14.3. The average molecular weight is 437 g/mol. The molecule has 0 atom stereocenters. The Morgan fingerprint density at radius 2 is 1.78 bits per heavy atom. The van der Waals surface area contributed by atoms with Crippen molar-refractivity contribution in [3.8, 4) is 5.69 Å². The van der Waals surface area contributed by atoms with Gasteiger partial charge >= 0.3 is 0 Å². The molecule has 3 heterocycles. The third kappa shape index (κ3) is 4.35. The summed E-state index contributed by atoms with van der Waals surface area (Å²) in [7, 11) is 0. The van der Waals surface area contributed by atoms with Gasteiger partial charge in [-0.25, -0.2) is 19.0 Å². The Bertz CT molecular complexity index is 1100. The van der Waals surface area contributed by atoms with Crippen LogP contribution in [-0.4, -0.2) is 56.7 Å². The lowest BCUT2D eigenvalue weighted by Gasteiger charge is -2.35. The van der Waals surface area contributed by atoms with Crippen molar-refractivity contribution in [2.24, 2.45) is 0 Å². The van der Waals surface area contributed by atoms with E-state index in [9.17, 15) is 9.18 Å². The van der Waals surface area contributed by atoms with Crippen LogP contribution < -0.4 is 4.90 Å². The zero-order valence-electron chi connectivity index (χ0n) is 19.0. The first-order valence-electron chi connectivity index (χ1n) is 11.1. The summed E-state index contributed by atoms with van der Waals surface area (Å²) in [6.45, 7) is 10.8. The molecule has 0 N–H and O–H groups in total. The molecule has 2 aromatic heterocycles. The molecule has 0 saturated carbocycles. The molecule has 1 saturated heterocycles. The van der Waals surface area contributed by atoms with Crippen LogP contribution >= 0.6 is 0 Å². The number of hydrogen-bond acceptors (Lipinski definition) is 5. The minimum atomic E-state index is -0.299. The molecule has 0 spiro atoms. The van der Waals surface area contributed by atoms with E-state index in [1.165, 1.54) is 12.1 Å². The number of aromatic nitrogens is 4. The molecule has 1 amide bonds. The third-order valence-electron chi connectivity index (χ3n) is 5.77. The summed E-state index contributed by atoms with van der Waals surface area (Å²) < 4.78 is 15.0. The monoisotopic (exact) mass is 436 g/mol. The Hall–Kier alpha value is -3.29. The number of benzene rings is 1. The summed E-state index contributed by atoms with van der Waals surface area (Å²) in [6.07, 6.45) is 2.27. The molecule has 168 valence electrons. The Labute approximate surface area is 187 Å². The van der Waals surface area contributed by atoms with Gasteiger partial charge in [-0.3, -0.25) is 4.79 Å². The fraction of sp³-hybridized carbons (Fsp3) is 0.417. The highest BCUT2D eigenvalue weighted by Gasteiger charge is 2.27. The number of carbonyl (C=O) groups excluding carboxylic acids is 1. The van der Waals surface area contributed by atoms with Gasteiger partial charge in [0.05, 0.1) is 23.1 Å². The SMILES string of the molecule is CCc1c(C(=O)N2CCN(c3cc(C)nc(C(C)C)n3)CC2)cnn1-c1ccc(F)cc1. The van der Waals surface area contributed by atoms with Gasteiger partial charge < -0.3 is 9.80 Å². The van der Waals surface area contributed by atoms with E-state index < -0.39 is 0 Å². The van der Waals surface area contributed by atoms with Crippen LogP contribution in [0.4, 0.5) is 10.2 Å². The fourth-order valence-corrected chi connectivity index (χ4v) is 4.00. The zero-order valence-corrected chi connectivity index (χ0v) is 19.0. The molecule has 0 unspecified atom stereocenters. The Kier molecular flexibility index (Phi) is 6.21. The second-order valence-corrected chi connectivity index (χ2v) is 8.41. The van der Waals surface area contributed by atoms with E-state index >= 15 is 0 Å². The average Bonchev–Trinajstić information content (AvgIpc) is 3.23. The number of carbonyl (C=O) groups is 1. The van der Waals surface area contributed by atoms with Gasteiger partial charge in [-0.15, -0.1) is 0 Å². The van der Waals surface area contributed by atoms with Crippen LogP contribution in [0.25, 0.3) is 5.69 Å². The first kappa shape index (κ1) is 21.9. The van der Waals surface area contributed by atoms with E-state index in [4.69, 9.17) is 4.98 Å². The zero-order chi connectivity index (χ0) is 22.8. The Morgan fingerprint density at radius 3 is 2.41 bits per heavy atom. The van der Waals surface area contributed by atoms with Crippen LogP contribution in [0.5, 0.6) is 0 Å². The lowest BCUT2D eigenvalue weighted by molar-refractivity contribution is 0.0745. The second kappa shape index (κ2) is 9.06. The van der Waals surface area contributed by atoms with Crippen LogP contribution in [0.1, 0.15) is 54.3 Å². The van der Waals surface area contributed by atoms with Crippen LogP contribution in [0.15, 0.2) is 36.5 Å². The molecule has 1 aromatic carbocycles. The van der Waals surface area contributed by atoms with Crippen LogP contribution in [-0.2, 0) is 6.42 Å². The maximum Gasteiger partial charge on any atom is 0.257 e. The standard InChI is InChI=1S/C24H29FN6O/c1-5-21-20(15-26-31(21)19-8-6-18(25)7-9-19)24(32)30-12-10-29(11-13-30)22-14-17(4)27-23(28-22)16(2)3/h6-9,14-16H,5,10-13H2,1-4H3. The highest BCUT2D eigenvalue weighted by Crippen LogP contribution is 2.21. The maximum atomic E-state index is 13.3. The van der Waals surface area contributed by atoms with Crippen molar-refractivity contribution in [3.05, 3.63) is 65.1 Å². The van der Waals surface area contributed by atoms with Crippen LogP contribution in [0.3, 0.4) is 0 Å². The predicted molar refractivity (Wildman–Crippen MR) is 122 cm³/mol. The molecule has 4 rings (SSSR count). The molecule has 1 fully saturated rings. The van der Waals surface area contributed by atoms with Crippen molar-refractivity contribution >= 4 is 11.7 Å². The topological polar surface area (TPSA) is 67.2 Å². The number of amides is 1. The maximum absolute atomic E-state index is 13.3. The second-order valence-electron chi connectivity index (χ2n) is 8.41. The molecule has 8 heteroatoms. The number of hydrogen-bond donors (Lipinski definition) is 0. The smallest absolute Gasteiger partial charge is 0.257 e. The minimum absolute atomic E-state index is 0.0170. The van der Waals surface area contributed by atoms with Gasteiger partial charge in [0.2, 0.25) is 0 Å². The van der Waals surface area contributed by atoms with E-state index in [1.54, 1.807) is 23.0 Å². The van der Waals surface area contributed by atoms with Crippen molar-refractivity contribution in [1.29, 1.82) is 0 Å². The molecule has 3 aromatic rings. The lowest BCUT2D eigenvalue weighted by atomic mass is 10.1. The number of anilines is 1. The van der Waals surface area contributed by atoms with Gasteiger partial charge in [-0.05, 0) is 37.6 Å². The predicted octanol–water partition coefficient (Wildman–Crippen LogP) is 3.76. The first-order chi connectivity index (χ1) is 15.4. The van der Waals surface area contributed by atoms with Gasteiger partial charge in [0, 0.05) is 43.9 Å². The number of nitrogens with zero attached hydrogens (tertiary/aromatic N) is 6. The molecule has 7 nitrogen and oxygen atoms in total. The molecule has 0 aliphatic carbocycles. The van der Waals surface area contributed by atoms with E-state index in [1.807, 2.05) is 24.8 Å². The molecule has 0 radical (unpaired) electrons.